The van der Waals surface area contributed by atoms with Crippen LogP contribution in [0.2, 0.25) is 0 Å². The second kappa shape index (κ2) is 5.37. The number of carbonyl (C=O) groups excluding carboxylic acids is 1. The second-order valence-corrected chi connectivity index (χ2v) is 4.84. The summed E-state index contributed by atoms with van der Waals surface area (Å²) in [5.41, 5.74) is 1.58. The van der Waals surface area contributed by atoms with Crippen LogP contribution < -0.4 is 5.32 Å². The van der Waals surface area contributed by atoms with Crippen molar-refractivity contribution in [3.63, 3.8) is 0 Å². The van der Waals surface area contributed by atoms with Crippen LogP contribution in [-0.2, 0) is 0 Å². The van der Waals surface area contributed by atoms with Crippen LogP contribution in [0.3, 0.4) is 0 Å². The quantitative estimate of drug-likeness (QED) is 0.822. The molecule has 0 unspecified atom stereocenters. The van der Waals surface area contributed by atoms with E-state index in [-0.39, 0.29) is 5.91 Å². The van der Waals surface area contributed by atoms with Gasteiger partial charge in [0.2, 0.25) is 0 Å². The minimum Gasteiger partial charge on any atom is -0.347 e. The number of aryl methyl sites for hydroxylation is 1. The number of halogens is 1. The standard InChI is InChI=1S/C11H12BrNOS/c1-7-3-4-9(15)5-10(7)11(14)13-6-8(2)12/h3-5,15H,2,6H2,1H3,(H,13,14). The van der Waals surface area contributed by atoms with E-state index in [1.165, 1.54) is 0 Å². The van der Waals surface area contributed by atoms with Gasteiger partial charge in [0.05, 0.1) is 0 Å². The van der Waals surface area contributed by atoms with Gasteiger partial charge in [-0.2, -0.15) is 0 Å². The molecule has 0 bridgehead atoms. The zero-order valence-electron chi connectivity index (χ0n) is 8.38. The molecular weight excluding hydrogens is 274 g/mol. The van der Waals surface area contributed by atoms with Crippen molar-refractivity contribution in [2.75, 3.05) is 6.54 Å². The molecule has 1 aromatic carbocycles. The predicted octanol–water partition coefficient (Wildman–Crippen LogP) is 2.92. The normalized spacial score (nSPS) is 9.80. The summed E-state index contributed by atoms with van der Waals surface area (Å²) in [5.74, 6) is -0.107. The molecule has 80 valence electrons. The van der Waals surface area contributed by atoms with Crippen molar-refractivity contribution >= 4 is 34.5 Å². The van der Waals surface area contributed by atoms with Gasteiger partial charge in [0.1, 0.15) is 0 Å². The van der Waals surface area contributed by atoms with E-state index in [1.54, 1.807) is 6.07 Å². The molecule has 0 aliphatic carbocycles. The van der Waals surface area contributed by atoms with Crippen LogP contribution in [0.1, 0.15) is 15.9 Å². The second-order valence-electron chi connectivity index (χ2n) is 3.20. The largest absolute Gasteiger partial charge is 0.347 e. The first-order chi connectivity index (χ1) is 7.00. The van der Waals surface area contributed by atoms with Gasteiger partial charge < -0.3 is 5.32 Å². The van der Waals surface area contributed by atoms with Crippen molar-refractivity contribution < 1.29 is 4.79 Å². The van der Waals surface area contributed by atoms with E-state index in [2.05, 4.69) is 40.5 Å². The molecule has 2 nitrogen and oxygen atoms in total. The molecule has 1 aromatic rings. The number of hydrogen-bond acceptors (Lipinski definition) is 2. The average molecular weight is 286 g/mol. The van der Waals surface area contributed by atoms with Gasteiger partial charge in [0, 0.05) is 21.5 Å². The number of hydrogen-bond donors (Lipinski definition) is 2. The van der Waals surface area contributed by atoms with Crippen LogP contribution in [-0.4, -0.2) is 12.5 Å². The molecule has 1 rings (SSSR count). The molecule has 1 amide bonds. The first-order valence-electron chi connectivity index (χ1n) is 4.42. The van der Waals surface area contributed by atoms with Crippen LogP contribution in [0.15, 0.2) is 34.2 Å². The van der Waals surface area contributed by atoms with E-state index in [0.29, 0.717) is 12.1 Å². The van der Waals surface area contributed by atoms with E-state index in [4.69, 9.17) is 0 Å². The van der Waals surface area contributed by atoms with E-state index in [9.17, 15) is 4.79 Å². The maximum atomic E-state index is 11.7. The van der Waals surface area contributed by atoms with E-state index in [1.807, 2.05) is 19.1 Å². The smallest absolute Gasteiger partial charge is 0.251 e. The predicted molar refractivity (Wildman–Crippen MR) is 68.8 cm³/mol. The number of benzene rings is 1. The van der Waals surface area contributed by atoms with Gasteiger partial charge in [0.25, 0.3) is 5.91 Å². The lowest BCUT2D eigenvalue weighted by molar-refractivity contribution is 0.0957. The van der Waals surface area contributed by atoms with Crippen LogP contribution in [0, 0.1) is 6.92 Å². The number of carbonyl (C=O) groups is 1. The van der Waals surface area contributed by atoms with E-state index >= 15 is 0 Å². The molecule has 1 N–H and O–H groups in total. The molecule has 0 aliphatic heterocycles. The zero-order chi connectivity index (χ0) is 11.4. The van der Waals surface area contributed by atoms with Gasteiger partial charge in [-0.05, 0) is 24.6 Å². The van der Waals surface area contributed by atoms with E-state index in [0.717, 1.165) is 14.9 Å². The Balaban J connectivity index is 2.81. The lowest BCUT2D eigenvalue weighted by Crippen LogP contribution is -2.25. The summed E-state index contributed by atoms with van der Waals surface area (Å²) in [6, 6.07) is 5.49. The maximum absolute atomic E-state index is 11.7. The molecule has 0 atom stereocenters. The molecule has 0 spiro atoms. The third-order valence-electron chi connectivity index (χ3n) is 1.91. The molecule has 0 radical (unpaired) electrons. The molecule has 0 aliphatic rings. The summed E-state index contributed by atoms with van der Waals surface area (Å²) in [7, 11) is 0. The van der Waals surface area contributed by atoms with E-state index < -0.39 is 0 Å². The number of thiol groups is 1. The number of nitrogens with one attached hydrogen (secondary N) is 1. The summed E-state index contributed by atoms with van der Waals surface area (Å²) in [6.07, 6.45) is 0. The molecule has 0 aromatic heterocycles. The maximum Gasteiger partial charge on any atom is 0.251 e. The highest BCUT2D eigenvalue weighted by Crippen LogP contribution is 2.14. The van der Waals surface area contributed by atoms with Crippen molar-refractivity contribution in [2.24, 2.45) is 0 Å². The van der Waals surface area contributed by atoms with Gasteiger partial charge in [-0.25, -0.2) is 0 Å². The van der Waals surface area contributed by atoms with Gasteiger partial charge >= 0.3 is 0 Å². The summed E-state index contributed by atoms with van der Waals surface area (Å²) in [5, 5.41) is 2.75. The zero-order valence-corrected chi connectivity index (χ0v) is 10.9. The fraction of sp³-hybridized carbons (Fsp3) is 0.182. The summed E-state index contributed by atoms with van der Waals surface area (Å²) in [4.78, 5) is 12.5. The Kier molecular flexibility index (Phi) is 4.42. The van der Waals surface area contributed by atoms with Gasteiger partial charge in [-0.1, -0.05) is 28.6 Å². The minimum atomic E-state index is -0.107. The van der Waals surface area contributed by atoms with Gasteiger partial charge in [0.15, 0.2) is 0 Å². The first kappa shape index (κ1) is 12.3. The topological polar surface area (TPSA) is 29.1 Å². The molecule has 0 heterocycles. The number of amides is 1. The summed E-state index contributed by atoms with van der Waals surface area (Å²) >= 11 is 7.38. The fourth-order valence-corrected chi connectivity index (χ4v) is 1.47. The summed E-state index contributed by atoms with van der Waals surface area (Å²) < 4.78 is 0.746. The van der Waals surface area contributed by atoms with Crippen molar-refractivity contribution in [2.45, 2.75) is 11.8 Å². The third-order valence-corrected chi connectivity index (χ3v) is 2.47. The highest BCUT2D eigenvalue weighted by Gasteiger charge is 2.08. The third kappa shape index (κ3) is 3.72. The van der Waals surface area contributed by atoms with Crippen LogP contribution in [0.5, 0.6) is 0 Å². The molecule has 4 heteroatoms. The van der Waals surface area contributed by atoms with Crippen LogP contribution in [0.4, 0.5) is 0 Å². The van der Waals surface area contributed by atoms with Gasteiger partial charge in [-0.15, -0.1) is 12.6 Å². The van der Waals surface area contributed by atoms with Gasteiger partial charge in [-0.3, -0.25) is 4.79 Å². The average Bonchev–Trinajstić information content (AvgIpc) is 2.18. The van der Waals surface area contributed by atoms with Crippen molar-refractivity contribution in [3.8, 4) is 0 Å². The Hall–Kier alpha value is -0.740. The van der Waals surface area contributed by atoms with Crippen LogP contribution >= 0.6 is 28.6 Å². The SMILES string of the molecule is C=C(Br)CNC(=O)c1cc(S)ccc1C. The molecule has 0 saturated heterocycles. The Morgan fingerprint density at radius 3 is 2.87 bits per heavy atom. The molecule has 15 heavy (non-hydrogen) atoms. The Labute approximate surface area is 103 Å². The molecule has 0 saturated carbocycles. The molecule has 0 fully saturated rings. The minimum absolute atomic E-state index is 0.107. The summed E-state index contributed by atoms with van der Waals surface area (Å²) in [6.45, 7) is 5.97. The van der Waals surface area contributed by atoms with Crippen molar-refractivity contribution in [1.82, 2.24) is 5.32 Å². The lowest BCUT2D eigenvalue weighted by atomic mass is 10.1. The Morgan fingerprint density at radius 1 is 1.60 bits per heavy atom. The Morgan fingerprint density at radius 2 is 2.27 bits per heavy atom. The number of rotatable bonds is 3. The van der Waals surface area contributed by atoms with Crippen LogP contribution in [0.25, 0.3) is 0 Å². The highest BCUT2D eigenvalue weighted by atomic mass is 79.9. The van der Waals surface area contributed by atoms with Crippen molar-refractivity contribution in [1.29, 1.82) is 0 Å². The molecular formula is C11H12BrNOS. The highest BCUT2D eigenvalue weighted by molar-refractivity contribution is 9.11. The van der Waals surface area contributed by atoms with Crippen molar-refractivity contribution in [3.05, 3.63) is 40.4 Å². The fourth-order valence-electron chi connectivity index (χ4n) is 1.13. The monoisotopic (exact) mass is 285 g/mol. The lowest BCUT2D eigenvalue weighted by Gasteiger charge is -2.07. The first-order valence-corrected chi connectivity index (χ1v) is 5.66. The Bertz CT molecular complexity index is 404.